The number of fused-ring (bicyclic) bond motifs is 1. The highest BCUT2D eigenvalue weighted by atomic mass is 19.1. The number of amides is 1. The van der Waals surface area contributed by atoms with Gasteiger partial charge in [-0.25, -0.2) is 14.2 Å². The number of alkyl carbamates (subject to hydrolysis) is 1. The number of benzene rings is 2. The zero-order valence-corrected chi connectivity index (χ0v) is 21.3. The van der Waals surface area contributed by atoms with Crippen molar-refractivity contribution in [1.82, 2.24) is 14.9 Å². The van der Waals surface area contributed by atoms with Crippen LogP contribution in [0.25, 0.3) is 28.0 Å². The van der Waals surface area contributed by atoms with E-state index in [-0.39, 0.29) is 12.2 Å². The SMILES string of the molecule is COC(=O)C[C@H](Cc1c(-c2ccc(F)cc2)n(-c2ccccn2)c2ccccc12)NC(=O)OC(C)(C)C. The summed E-state index contributed by atoms with van der Waals surface area (Å²) in [4.78, 5) is 29.5. The standard InChI is InChI=1S/C29H30FN3O4/c1-29(2,3)37-28(35)32-21(18-26(34)36-4)17-23-22-9-5-6-10-24(22)33(25-11-7-8-16-31-25)27(23)19-12-14-20(30)15-13-19/h5-16,21H,17-18H2,1-4H3,(H,32,35)/t21-/m0/s1. The Kier molecular flexibility index (Phi) is 7.57. The molecule has 37 heavy (non-hydrogen) atoms. The predicted molar refractivity (Wildman–Crippen MR) is 140 cm³/mol. The fraction of sp³-hybridized carbons (Fsp3) is 0.276. The van der Waals surface area contributed by atoms with Crippen molar-refractivity contribution in [3.05, 3.63) is 84.3 Å². The Balaban J connectivity index is 1.88. The number of hydrogen-bond acceptors (Lipinski definition) is 5. The van der Waals surface area contributed by atoms with Gasteiger partial charge in [-0.1, -0.05) is 24.3 Å². The van der Waals surface area contributed by atoms with Crippen molar-refractivity contribution in [3.63, 3.8) is 0 Å². The fourth-order valence-electron chi connectivity index (χ4n) is 4.33. The molecule has 0 aliphatic carbocycles. The maximum atomic E-state index is 13.9. The summed E-state index contributed by atoms with van der Waals surface area (Å²) in [5.41, 5.74) is 2.63. The van der Waals surface area contributed by atoms with Gasteiger partial charge in [0.1, 0.15) is 17.2 Å². The van der Waals surface area contributed by atoms with Crippen LogP contribution in [0.15, 0.2) is 72.9 Å². The predicted octanol–water partition coefficient (Wildman–Crippen LogP) is 5.83. The number of pyridine rings is 1. The molecule has 0 bridgehead atoms. The van der Waals surface area contributed by atoms with Gasteiger partial charge in [-0.2, -0.15) is 0 Å². The molecule has 0 fully saturated rings. The van der Waals surface area contributed by atoms with Crippen molar-refractivity contribution >= 4 is 23.0 Å². The van der Waals surface area contributed by atoms with Crippen molar-refractivity contribution in [2.75, 3.05) is 7.11 Å². The van der Waals surface area contributed by atoms with E-state index in [1.54, 1.807) is 39.1 Å². The zero-order valence-electron chi connectivity index (χ0n) is 21.3. The Morgan fingerprint density at radius 3 is 2.38 bits per heavy atom. The largest absolute Gasteiger partial charge is 0.469 e. The van der Waals surface area contributed by atoms with Gasteiger partial charge in [0.05, 0.1) is 24.7 Å². The van der Waals surface area contributed by atoms with E-state index in [2.05, 4.69) is 10.3 Å². The van der Waals surface area contributed by atoms with Crippen LogP contribution < -0.4 is 5.32 Å². The Morgan fingerprint density at radius 1 is 1.03 bits per heavy atom. The van der Waals surface area contributed by atoms with Gasteiger partial charge in [-0.3, -0.25) is 9.36 Å². The van der Waals surface area contributed by atoms with Crippen molar-refractivity contribution in [2.45, 2.75) is 45.3 Å². The molecule has 0 spiro atoms. The van der Waals surface area contributed by atoms with Gasteiger partial charge >= 0.3 is 12.1 Å². The third kappa shape index (κ3) is 6.14. The van der Waals surface area contributed by atoms with Gasteiger partial charge in [0, 0.05) is 17.6 Å². The second kappa shape index (κ2) is 10.8. The van der Waals surface area contributed by atoms with Crippen molar-refractivity contribution in [1.29, 1.82) is 0 Å². The molecule has 0 aliphatic rings. The molecule has 0 radical (unpaired) electrons. The van der Waals surface area contributed by atoms with Crippen LogP contribution in [0.5, 0.6) is 0 Å². The first-order valence-corrected chi connectivity index (χ1v) is 12.0. The molecule has 4 aromatic rings. The van der Waals surface area contributed by atoms with E-state index in [0.29, 0.717) is 12.2 Å². The summed E-state index contributed by atoms with van der Waals surface area (Å²) in [5, 5.41) is 3.77. The Hall–Kier alpha value is -4.20. The number of para-hydroxylation sites is 1. The Labute approximate surface area is 215 Å². The molecular formula is C29H30FN3O4. The fourth-order valence-corrected chi connectivity index (χ4v) is 4.33. The van der Waals surface area contributed by atoms with Gasteiger partial charge in [0.2, 0.25) is 0 Å². The van der Waals surface area contributed by atoms with E-state index in [9.17, 15) is 14.0 Å². The molecule has 2 aromatic heterocycles. The summed E-state index contributed by atoms with van der Waals surface area (Å²) in [5.74, 6) is -0.118. The maximum Gasteiger partial charge on any atom is 0.407 e. The Bertz CT molecular complexity index is 1390. The highest BCUT2D eigenvalue weighted by Gasteiger charge is 2.27. The minimum Gasteiger partial charge on any atom is -0.469 e. The molecule has 7 nitrogen and oxygen atoms in total. The lowest BCUT2D eigenvalue weighted by Crippen LogP contribution is -2.41. The molecule has 8 heteroatoms. The first kappa shape index (κ1) is 25.9. The molecule has 192 valence electrons. The minimum absolute atomic E-state index is 0.0539. The molecule has 2 heterocycles. The van der Waals surface area contributed by atoms with E-state index in [4.69, 9.17) is 9.47 Å². The van der Waals surface area contributed by atoms with Crippen molar-refractivity contribution in [2.24, 2.45) is 0 Å². The topological polar surface area (TPSA) is 82.5 Å². The summed E-state index contributed by atoms with van der Waals surface area (Å²) in [6, 6.07) is 19.1. The van der Waals surface area contributed by atoms with Gasteiger partial charge in [0.15, 0.2) is 0 Å². The lowest BCUT2D eigenvalue weighted by Gasteiger charge is -2.23. The second-order valence-electron chi connectivity index (χ2n) is 9.70. The van der Waals surface area contributed by atoms with Crippen LogP contribution in [0.3, 0.4) is 0 Å². The lowest BCUT2D eigenvalue weighted by molar-refractivity contribution is -0.141. The number of carbonyl (C=O) groups excluding carboxylic acids is 2. The number of aromatic nitrogens is 2. The van der Waals surface area contributed by atoms with Gasteiger partial charge in [-0.05, 0) is 80.8 Å². The third-order valence-corrected chi connectivity index (χ3v) is 5.79. The van der Waals surface area contributed by atoms with E-state index in [0.717, 1.165) is 27.7 Å². The molecule has 0 unspecified atom stereocenters. The summed E-state index contributed by atoms with van der Waals surface area (Å²) < 4.78 is 26.2. The normalized spacial score (nSPS) is 12.2. The maximum absolute atomic E-state index is 13.9. The van der Waals surface area contributed by atoms with E-state index < -0.39 is 23.7 Å². The molecule has 4 rings (SSSR count). The highest BCUT2D eigenvalue weighted by Crippen LogP contribution is 2.37. The van der Waals surface area contributed by atoms with Crippen LogP contribution in [0.1, 0.15) is 32.8 Å². The van der Waals surface area contributed by atoms with Gasteiger partial charge < -0.3 is 14.8 Å². The van der Waals surface area contributed by atoms with Crippen LogP contribution in [0.2, 0.25) is 0 Å². The number of esters is 1. The summed E-state index contributed by atoms with van der Waals surface area (Å²) in [7, 11) is 1.31. The molecular weight excluding hydrogens is 473 g/mol. The molecule has 0 saturated carbocycles. The molecule has 1 amide bonds. The molecule has 1 atom stereocenters. The van der Waals surface area contributed by atoms with Crippen molar-refractivity contribution in [3.8, 4) is 17.1 Å². The van der Waals surface area contributed by atoms with Crippen LogP contribution in [-0.2, 0) is 20.7 Å². The minimum atomic E-state index is -0.700. The average Bonchev–Trinajstić information content (AvgIpc) is 3.17. The van der Waals surface area contributed by atoms with Gasteiger partial charge in [0.25, 0.3) is 0 Å². The smallest absolute Gasteiger partial charge is 0.407 e. The number of nitrogens with one attached hydrogen (secondary N) is 1. The number of methoxy groups -OCH3 is 1. The molecule has 0 saturated heterocycles. The van der Waals surface area contributed by atoms with Crippen LogP contribution in [-0.4, -0.2) is 40.4 Å². The van der Waals surface area contributed by atoms with Gasteiger partial charge in [-0.15, -0.1) is 0 Å². The quantitative estimate of drug-likeness (QED) is 0.321. The monoisotopic (exact) mass is 503 g/mol. The van der Waals surface area contributed by atoms with Crippen molar-refractivity contribution < 1.29 is 23.5 Å². The second-order valence-corrected chi connectivity index (χ2v) is 9.70. The molecule has 1 N–H and O–H groups in total. The molecule has 0 aliphatic heterocycles. The number of rotatable bonds is 7. The first-order valence-electron chi connectivity index (χ1n) is 12.0. The highest BCUT2D eigenvalue weighted by molar-refractivity contribution is 5.93. The lowest BCUT2D eigenvalue weighted by atomic mass is 9.97. The number of carbonyl (C=O) groups is 2. The van der Waals surface area contributed by atoms with Crippen LogP contribution in [0, 0.1) is 5.82 Å². The average molecular weight is 504 g/mol. The zero-order chi connectivity index (χ0) is 26.6. The van der Waals surface area contributed by atoms with Crippen LogP contribution >= 0.6 is 0 Å². The number of nitrogens with zero attached hydrogens (tertiary/aromatic N) is 2. The first-order chi connectivity index (χ1) is 17.7. The summed E-state index contributed by atoms with van der Waals surface area (Å²) >= 11 is 0. The summed E-state index contributed by atoms with van der Waals surface area (Å²) in [6.07, 6.45) is 1.32. The molecule has 2 aromatic carbocycles. The van der Waals surface area contributed by atoms with E-state index in [1.165, 1.54) is 19.2 Å². The summed E-state index contributed by atoms with van der Waals surface area (Å²) in [6.45, 7) is 5.32. The third-order valence-electron chi connectivity index (χ3n) is 5.79. The Morgan fingerprint density at radius 2 is 1.73 bits per heavy atom. The number of hydrogen-bond donors (Lipinski definition) is 1. The van der Waals surface area contributed by atoms with E-state index >= 15 is 0 Å². The number of halogens is 1. The number of ether oxygens (including phenoxy) is 2. The van der Waals surface area contributed by atoms with Crippen LogP contribution in [0.4, 0.5) is 9.18 Å². The van der Waals surface area contributed by atoms with E-state index in [1.807, 2.05) is 47.0 Å².